The van der Waals surface area contributed by atoms with E-state index in [1.807, 2.05) is 6.07 Å². The molecule has 5 heteroatoms. The molecule has 0 atom stereocenters. The van der Waals surface area contributed by atoms with E-state index in [-0.39, 0.29) is 0 Å². The second-order valence-electron chi connectivity index (χ2n) is 4.49. The van der Waals surface area contributed by atoms with Crippen LogP contribution in [-0.4, -0.2) is 4.57 Å². The highest BCUT2D eigenvalue weighted by atomic mass is 35.5. The van der Waals surface area contributed by atoms with Crippen molar-refractivity contribution in [3.63, 3.8) is 0 Å². The van der Waals surface area contributed by atoms with E-state index >= 15 is 0 Å². The van der Waals surface area contributed by atoms with Crippen molar-refractivity contribution >= 4 is 40.2 Å². The summed E-state index contributed by atoms with van der Waals surface area (Å²) in [5.41, 5.74) is 0.844. The lowest BCUT2D eigenvalue weighted by Gasteiger charge is -2.01. The summed E-state index contributed by atoms with van der Waals surface area (Å²) in [6.07, 6.45) is 4.78. The Labute approximate surface area is 120 Å². The molecule has 94 valence electrons. The summed E-state index contributed by atoms with van der Waals surface area (Å²) in [7, 11) is 0. The molecular weight excluding hydrogens is 287 g/mol. The molecule has 0 radical (unpaired) electrons. The van der Waals surface area contributed by atoms with E-state index in [4.69, 9.17) is 23.2 Å². The van der Waals surface area contributed by atoms with Gasteiger partial charge in [-0.25, -0.2) is 4.99 Å². The number of thiazole rings is 1. The fourth-order valence-corrected chi connectivity index (χ4v) is 2.82. The minimum absolute atomic E-state index is 0.545. The molecule has 1 heterocycles. The fourth-order valence-electron chi connectivity index (χ4n) is 1.77. The molecule has 2 nitrogen and oxygen atoms in total. The zero-order valence-electron chi connectivity index (χ0n) is 9.64. The summed E-state index contributed by atoms with van der Waals surface area (Å²) in [6, 6.07) is 5.46. The van der Waals surface area contributed by atoms with E-state index < -0.39 is 0 Å². The van der Waals surface area contributed by atoms with Crippen molar-refractivity contribution in [1.29, 1.82) is 0 Å². The third-order valence-electron chi connectivity index (χ3n) is 2.94. The van der Waals surface area contributed by atoms with E-state index in [0.717, 1.165) is 23.0 Å². The zero-order valence-corrected chi connectivity index (χ0v) is 12.0. The van der Waals surface area contributed by atoms with Gasteiger partial charge in [0.1, 0.15) is 0 Å². The molecule has 0 unspecified atom stereocenters. The topological polar surface area (TPSA) is 17.3 Å². The second kappa shape index (κ2) is 5.08. The molecule has 0 bridgehead atoms. The minimum Gasteiger partial charge on any atom is -0.323 e. The van der Waals surface area contributed by atoms with Crippen LogP contribution in [0, 0.1) is 5.92 Å². The number of halogens is 2. The predicted octanol–water partition coefficient (Wildman–Crippen LogP) is 4.50. The van der Waals surface area contributed by atoms with E-state index in [9.17, 15) is 0 Å². The van der Waals surface area contributed by atoms with Crippen molar-refractivity contribution in [1.82, 2.24) is 4.57 Å². The smallest absolute Gasteiger partial charge is 0.189 e. The summed E-state index contributed by atoms with van der Waals surface area (Å²) >= 11 is 13.5. The van der Waals surface area contributed by atoms with Crippen molar-refractivity contribution in [2.75, 3.05) is 0 Å². The van der Waals surface area contributed by atoms with E-state index in [1.165, 1.54) is 12.8 Å². The van der Waals surface area contributed by atoms with Crippen molar-refractivity contribution in [3.8, 4) is 0 Å². The first kappa shape index (κ1) is 12.3. The molecule has 0 aliphatic heterocycles. The summed E-state index contributed by atoms with van der Waals surface area (Å²) in [5, 5.41) is 3.18. The molecule has 1 aromatic carbocycles. The lowest BCUT2D eigenvalue weighted by molar-refractivity contribution is 0.612. The van der Waals surface area contributed by atoms with Gasteiger partial charge in [-0.05, 0) is 37.0 Å². The molecule has 0 amide bonds. The third-order valence-corrected chi connectivity index (χ3v) is 4.47. The Morgan fingerprint density at radius 2 is 2.11 bits per heavy atom. The van der Waals surface area contributed by atoms with E-state index in [1.54, 1.807) is 23.5 Å². The number of benzene rings is 1. The van der Waals surface area contributed by atoms with Crippen LogP contribution in [0.5, 0.6) is 0 Å². The van der Waals surface area contributed by atoms with Crippen LogP contribution in [0.2, 0.25) is 10.0 Å². The van der Waals surface area contributed by atoms with Crippen LogP contribution < -0.4 is 4.80 Å². The van der Waals surface area contributed by atoms with Crippen LogP contribution in [0.4, 0.5) is 5.69 Å². The molecule has 18 heavy (non-hydrogen) atoms. The SMILES string of the molecule is Clc1ccc(N=c2sccn2CC2CC2)cc1Cl. The average Bonchev–Trinajstić information content (AvgIpc) is 3.05. The summed E-state index contributed by atoms with van der Waals surface area (Å²) in [4.78, 5) is 5.64. The van der Waals surface area contributed by atoms with Crippen LogP contribution in [0.1, 0.15) is 12.8 Å². The van der Waals surface area contributed by atoms with Crippen LogP contribution >= 0.6 is 34.5 Å². The first-order valence-corrected chi connectivity index (χ1v) is 7.49. The van der Waals surface area contributed by atoms with Gasteiger partial charge in [0, 0.05) is 18.1 Å². The highest BCUT2D eigenvalue weighted by Gasteiger charge is 2.21. The van der Waals surface area contributed by atoms with Crippen molar-refractivity contribution < 1.29 is 0 Å². The Morgan fingerprint density at radius 3 is 2.83 bits per heavy atom. The molecule has 1 fully saturated rings. The Balaban J connectivity index is 1.94. The molecule has 1 aliphatic rings. The maximum atomic E-state index is 5.99. The maximum Gasteiger partial charge on any atom is 0.189 e. The van der Waals surface area contributed by atoms with Crippen LogP contribution in [0.25, 0.3) is 0 Å². The molecule has 3 rings (SSSR count). The van der Waals surface area contributed by atoms with E-state index in [0.29, 0.717) is 10.0 Å². The predicted molar refractivity (Wildman–Crippen MR) is 76.7 cm³/mol. The molecule has 1 saturated carbocycles. The first-order valence-electron chi connectivity index (χ1n) is 5.86. The van der Waals surface area contributed by atoms with Gasteiger partial charge < -0.3 is 4.57 Å². The van der Waals surface area contributed by atoms with Crippen LogP contribution in [0.3, 0.4) is 0 Å². The molecule has 0 spiro atoms. The minimum atomic E-state index is 0.545. The van der Waals surface area contributed by atoms with Gasteiger partial charge in [-0.15, -0.1) is 11.3 Å². The van der Waals surface area contributed by atoms with Gasteiger partial charge in [-0.3, -0.25) is 0 Å². The maximum absolute atomic E-state index is 5.99. The average molecular weight is 299 g/mol. The van der Waals surface area contributed by atoms with E-state index in [2.05, 4.69) is 21.1 Å². The summed E-state index contributed by atoms with van der Waals surface area (Å²) in [6.45, 7) is 1.07. The molecule has 0 saturated heterocycles. The van der Waals surface area contributed by atoms with Gasteiger partial charge >= 0.3 is 0 Å². The van der Waals surface area contributed by atoms with Crippen molar-refractivity contribution in [2.45, 2.75) is 19.4 Å². The Morgan fingerprint density at radius 1 is 1.28 bits per heavy atom. The van der Waals surface area contributed by atoms with Crippen molar-refractivity contribution in [3.05, 3.63) is 44.6 Å². The number of nitrogens with zero attached hydrogens (tertiary/aromatic N) is 2. The molecule has 1 aliphatic carbocycles. The number of hydrogen-bond donors (Lipinski definition) is 0. The van der Waals surface area contributed by atoms with Gasteiger partial charge in [0.05, 0.1) is 15.7 Å². The molecule has 2 aromatic rings. The Bertz CT molecular complexity index is 626. The highest BCUT2D eigenvalue weighted by Crippen LogP contribution is 2.30. The van der Waals surface area contributed by atoms with Gasteiger partial charge in [0.2, 0.25) is 0 Å². The van der Waals surface area contributed by atoms with Gasteiger partial charge in [-0.2, -0.15) is 0 Å². The molecule has 1 aromatic heterocycles. The van der Waals surface area contributed by atoms with Gasteiger partial charge in [0.15, 0.2) is 4.80 Å². The zero-order chi connectivity index (χ0) is 12.5. The summed E-state index contributed by atoms with van der Waals surface area (Å²) < 4.78 is 2.21. The molecule has 0 N–H and O–H groups in total. The van der Waals surface area contributed by atoms with Crippen molar-refractivity contribution in [2.24, 2.45) is 10.9 Å². The summed E-state index contributed by atoms with van der Waals surface area (Å²) in [5.74, 6) is 0.840. The Kier molecular flexibility index (Phi) is 3.46. The largest absolute Gasteiger partial charge is 0.323 e. The quantitative estimate of drug-likeness (QED) is 0.794. The highest BCUT2D eigenvalue weighted by molar-refractivity contribution is 7.07. The second-order valence-corrected chi connectivity index (χ2v) is 6.18. The Hall–Kier alpha value is -0.770. The fraction of sp³-hybridized carbons (Fsp3) is 0.308. The number of aromatic nitrogens is 1. The lowest BCUT2D eigenvalue weighted by atomic mass is 10.3. The van der Waals surface area contributed by atoms with Crippen LogP contribution in [-0.2, 0) is 6.54 Å². The van der Waals surface area contributed by atoms with Crippen LogP contribution in [0.15, 0.2) is 34.8 Å². The standard InChI is InChI=1S/C13H12Cl2N2S/c14-11-4-3-10(7-12(11)15)16-13-17(5-6-18-13)8-9-1-2-9/h3-7,9H,1-2,8H2. The molecular formula is C13H12Cl2N2S. The first-order chi connectivity index (χ1) is 8.72. The lowest BCUT2D eigenvalue weighted by Crippen LogP contribution is -2.14. The number of hydrogen-bond acceptors (Lipinski definition) is 2. The third kappa shape index (κ3) is 2.79. The number of rotatable bonds is 3. The monoisotopic (exact) mass is 298 g/mol. The van der Waals surface area contributed by atoms with Gasteiger partial charge in [-0.1, -0.05) is 23.2 Å². The normalized spacial score (nSPS) is 16.2. The van der Waals surface area contributed by atoms with Gasteiger partial charge in [0.25, 0.3) is 0 Å².